The van der Waals surface area contributed by atoms with Crippen LogP contribution in [0.2, 0.25) is 0 Å². The van der Waals surface area contributed by atoms with Crippen LogP contribution >= 0.6 is 22.2 Å². The van der Waals surface area contributed by atoms with Gasteiger partial charge in [0.05, 0.1) is 27.8 Å². The van der Waals surface area contributed by atoms with Crippen molar-refractivity contribution in [2.75, 3.05) is 41.8 Å². The number of halogens is 6. The summed E-state index contributed by atoms with van der Waals surface area (Å²) in [5.41, 5.74) is -4.48. The highest BCUT2D eigenvalue weighted by Crippen LogP contribution is 2.84. The van der Waals surface area contributed by atoms with Gasteiger partial charge in [-0.3, -0.25) is 4.79 Å². The van der Waals surface area contributed by atoms with E-state index in [0.717, 1.165) is 36.7 Å². The first-order chi connectivity index (χ1) is 14.2. The van der Waals surface area contributed by atoms with Crippen LogP contribution in [0.15, 0.2) is 18.2 Å². The van der Waals surface area contributed by atoms with E-state index in [1.54, 1.807) is 0 Å². The average molecular weight is 488 g/mol. The number of nitrogens with zero attached hydrogens (tertiary/aromatic N) is 1. The van der Waals surface area contributed by atoms with Gasteiger partial charge in [-0.25, -0.2) is 14.3 Å². The van der Waals surface area contributed by atoms with Crippen LogP contribution in [0.1, 0.15) is 28.8 Å². The van der Waals surface area contributed by atoms with Gasteiger partial charge in [0.15, 0.2) is 0 Å². The van der Waals surface area contributed by atoms with Crippen molar-refractivity contribution in [3.63, 3.8) is 0 Å². The maximum absolute atomic E-state index is 13.2. The number of carbonyl (C=O) groups excluding carboxylic acids is 1. The monoisotopic (exact) mass is 487 g/mol. The van der Waals surface area contributed by atoms with Crippen LogP contribution in [0.25, 0.3) is 0 Å². The minimum Gasteiger partial charge on any atom is -0.346 e. The van der Waals surface area contributed by atoms with Crippen molar-refractivity contribution in [1.82, 2.24) is 9.62 Å². The van der Waals surface area contributed by atoms with Crippen molar-refractivity contribution < 1.29 is 31.1 Å². The molecule has 0 bridgehead atoms. The number of nitrogens with one attached hydrogen (secondary N) is 2. The van der Waals surface area contributed by atoms with Gasteiger partial charge in [-0.15, -0.1) is 0 Å². The summed E-state index contributed by atoms with van der Waals surface area (Å²) in [7, 11) is -0.633. The third kappa shape index (κ3) is 4.22. The van der Waals surface area contributed by atoms with E-state index >= 15 is 0 Å². The first-order valence-electron chi connectivity index (χ1n) is 9.65. The Labute approximate surface area is 182 Å². The predicted octanol–water partition coefficient (Wildman–Crippen LogP) is 4.89. The Hall–Kier alpha value is -1.27. The average Bonchev–Trinajstić information content (AvgIpc) is 3.46. The van der Waals surface area contributed by atoms with Gasteiger partial charge < -0.3 is 10.0 Å². The van der Waals surface area contributed by atoms with E-state index in [4.69, 9.17) is 0 Å². The number of hydrogen-bond acceptors (Lipinski definition) is 4. The van der Waals surface area contributed by atoms with Gasteiger partial charge >= 0.3 is 12.4 Å². The molecule has 1 aromatic carbocycles. The number of hydrogen-bond donors (Lipinski definition) is 2. The Morgan fingerprint density at radius 1 is 1.10 bits per heavy atom. The highest BCUT2D eigenvalue weighted by atomic mass is 32.3. The molecule has 3 aliphatic rings. The molecule has 174 valence electrons. The third-order valence-electron chi connectivity index (χ3n) is 6.43. The number of amides is 1. The van der Waals surface area contributed by atoms with Crippen LogP contribution in [0.4, 0.5) is 32.0 Å². The summed E-state index contributed by atoms with van der Waals surface area (Å²) in [5, 5.41) is 2.35. The highest BCUT2D eigenvalue weighted by Gasteiger charge is 2.94. The predicted molar refractivity (Wildman–Crippen MR) is 111 cm³/mol. The van der Waals surface area contributed by atoms with E-state index < -0.39 is 44.8 Å². The summed E-state index contributed by atoms with van der Waals surface area (Å²) < 4.78 is 83.9. The first-order valence-corrected chi connectivity index (χ1v) is 13.2. The van der Waals surface area contributed by atoms with Crippen molar-refractivity contribution in [1.29, 1.82) is 0 Å². The Morgan fingerprint density at radius 2 is 1.71 bits per heavy atom. The molecule has 1 aliphatic heterocycles. The second-order valence-corrected chi connectivity index (χ2v) is 14.3. The molecule has 4 nitrogen and oxygen atoms in total. The van der Waals surface area contributed by atoms with Gasteiger partial charge in [-0.1, -0.05) is 0 Å². The molecular weight excluding hydrogens is 464 g/mol. The molecule has 0 unspecified atom stereocenters. The highest BCUT2D eigenvalue weighted by molar-refractivity contribution is 8.32. The molecule has 31 heavy (non-hydrogen) atoms. The van der Waals surface area contributed by atoms with Gasteiger partial charge in [-0.05, 0) is 55.1 Å². The van der Waals surface area contributed by atoms with Crippen LogP contribution in [-0.2, 0) is 6.18 Å². The van der Waals surface area contributed by atoms with Gasteiger partial charge in [0.1, 0.15) is 0 Å². The van der Waals surface area contributed by atoms with Gasteiger partial charge in [-0.2, -0.15) is 26.3 Å². The molecule has 0 spiro atoms. The quantitative estimate of drug-likeness (QED) is 0.459. The molecule has 1 aromatic rings. The number of alkyl halides is 6. The van der Waals surface area contributed by atoms with Crippen molar-refractivity contribution in [2.45, 2.75) is 30.7 Å². The molecule has 2 N–H and O–H groups in total. The van der Waals surface area contributed by atoms with E-state index in [-0.39, 0.29) is 24.1 Å². The molecule has 0 atom stereocenters. The van der Waals surface area contributed by atoms with Crippen molar-refractivity contribution in [3.05, 3.63) is 29.3 Å². The number of fused-ring (bicyclic) bond motifs is 1. The summed E-state index contributed by atoms with van der Waals surface area (Å²) in [6.07, 6.45) is -5.06. The smallest absolute Gasteiger partial charge is 0.346 e. The number of anilines is 1. The summed E-state index contributed by atoms with van der Waals surface area (Å²) in [4.78, 5) is 12.7. The van der Waals surface area contributed by atoms with E-state index in [1.165, 1.54) is 12.1 Å². The largest absolute Gasteiger partial charge is 0.416 e. The Morgan fingerprint density at radius 3 is 2.23 bits per heavy atom. The summed E-state index contributed by atoms with van der Waals surface area (Å²) in [5.74, 6) is 1.13. The second-order valence-electron chi connectivity index (χ2n) is 9.03. The minimum atomic E-state index is -4.67. The second kappa shape index (κ2) is 7.11. The summed E-state index contributed by atoms with van der Waals surface area (Å²) in [6.45, 7) is 1.61. The molecule has 0 radical (unpaired) electrons. The lowest BCUT2D eigenvalue weighted by Crippen LogP contribution is -2.34. The standard InChI is InChI=1S/C19H23F6N3OS2/c1-31(2)7-5-28(6-8-31)30-27-14-4-3-12(18(20,21)22)9-13(14)15(29)26-17-10-16(17,11-17)19(23,24)25/h3-4,9,27H,5-8,10-11H2,1-2H3,(H,26,29). The maximum Gasteiger partial charge on any atom is 0.416 e. The molecular formula is C19H23F6N3OS2. The van der Waals surface area contributed by atoms with Gasteiger partial charge in [0, 0.05) is 25.2 Å². The van der Waals surface area contributed by atoms with Gasteiger partial charge in [0.2, 0.25) is 0 Å². The maximum atomic E-state index is 13.2. The Bertz CT molecular complexity index is 886. The number of rotatable bonds is 5. The zero-order valence-corrected chi connectivity index (χ0v) is 18.5. The third-order valence-corrected chi connectivity index (χ3v) is 9.94. The molecule has 2 saturated carbocycles. The van der Waals surface area contributed by atoms with Crippen molar-refractivity contribution >= 4 is 33.8 Å². The Kier molecular flexibility index (Phi) is 5.26. The fourth-order valence-electron chi connectivity index (χ4n) is 3.97. The van der Waals surface area contributed by atoms with Crippen molar-refractivity contribution in [3.8, 4) is 0 Å². The van der Waals surface area contributed by atoms with Crippen LogP contribution in [0.5, 0.6) is 0 Å². The number of benzene rings is 1. The molecule has 1 amide bonds. The van der Waals surface area contributed by atoms with Crippen LogP contribution < -0.4 is 10.0 Å². The zero-order valence-electron chi connectivity index (χ0n) is 16.9. The lowest BCUT2D eigenvalue weighted by atomic mass is 10.1. The topological polar surface area (TPSA) is 44.4 Å². The van der Waals surface area contributed by atoms with Crippen LogP contribution in [0.3, 0.4) is 0 Å². The van der Waals surface area contributed by atoms with E-state index in [2.05, 4.69) is 22.6 Å². The molecule has 1 saturated heterocycles. The fraction of sp³-hybridized carbons (Fsp3) is 0.632. The Balaban J connectivity index is 1.49. The molecule has 0 aromatic heterocycles. The first kappa shape index (κ1) is 22.9. The molecule has 3 fully saturated rings. The van der Waals surface area contributed by atoms with Crippen LogP contribution in [0, 0.1) is 5.41 Å². The zero-order chi connectivity index (χ0) is 22.9. The van der Waals surface area contributed by atoms with E-state index in [1.807, 2.05) is 4.31 Å². The molecule has 12 heteroatoms. The van der Waals surface area contributed by atoms with E-state index in [0.29, 0.717) is 6.07 Å². The summed E-state index contributed by atoms with van der Waals surface area (Å²) in [6, 6.07) is 2.70. The molecule has 1 heterocycles. The number of carbonyl (C=O) groups is 1. The molecule has 4 rings (SSSR count). The molecule has 2 aliphatic carbocycles. The van der Waals surface area contributed by atoms with Crippen LogP contribution in [-0.4, -0.2) is 59.0 Å². The fourth-order valence-corrected chi connectivity index (χ4v) is 6.60. The van der Waals surface area contributed by atoms with E-state index in [9.17, 15) is 31.1 Å². The summed E-state index contributed by atoms with van der Waals surface area (Å²) >= 11 is 1.20. The normalized spacial score (nSPS) is 30.8. The van der Waals surface area contributed by atoms with Crippen molar-refractivity contribution in [2.24, 2.45) is 5.41 Å². The lowest BCUT2D eigenvalue weighted by Gasteiger charge is -2.40. The SMILES string of the molecule is CS1(C)CCN(SNc2ccc(C(F)(F)F)cc2C(=O)NC23CC2(C(F)(F)F)C3)CC1. The minimum absolute atomic E-state index is 0.142. The van der Waals surface area contributed by atoms with Gasteiger partial charge in [0.25, 0.3) is 5.91 Å². The lowest BCUT2D eigenvalue weighted by molar-refractivity contribution is -0.167.